The highest BCUT2D eigenvalue weighted by atomic mass is 16.6. The highest BCUT2D eigenvalue weighted by molar-refractivity contribution is 5.80. The first-order chi connectivity index (χ1) is 12.3. The molecule has 6 nitrogen and oxygen atoms in total. The molecule has 0 aromatic heterocycles. The van der Waals surface area contributed by atoms with Crippen molar-refractivity contribution in [3.63, 3.8) is 0 Å². The number of carbonyl (C=O) groups excluding carboxylic acids is 2. The van der Waals surface area contributed by atoms with Gasteiger partial charge in [0.05, 0.1) is 0 Å². The van der Waals surface area contributed by atoms with Gasteiger partial charge in [-0.3, -0.25) is 0 Å². The molecule has 0 unspecified atom stereocenters. The molecule has 1 saturated heterocycles. The smallest absolute Gasteiger partial charge is 0.410 e. The Morgan fingerprint density at radius 2 is 1.73 bits per heavy atom. The summed E-state index contributed by atoms with van der Waals surface area (Å²) in [6, 6.07) is 9.54. The van der Waals surface area contributed by atoms with E-state index in [2.05, 4.69) is 0 Å². The molecule has 0 saturated carbocycles. The van der Waals surface area contributed by atoms with Gasteiger partial charge in [0.25, 0.3) is 0 Å². The van der Waals surface area contributed by atoms with Crippen LogP contribution in [0.3, 0.4) is 0 Å². The summed E-state index contributed by atoms with van der Waals surface area (Å²) in [5.41, 5.74) is -0.610. The highest BCUT2D eigenvalue weighted by Gasteiger charge is 2.45. The van der Waals surface area contributed by atoms with Crippen molar-refractivity contribution < 1.29 is 23.8 Å². The van der Waals surface area contributed by atoms with Crippen LogP contribution in [0.25, 0.3) is 0 Å². The average molecular weight is 363 g/mol. The van der Waals surface area contributed by atoms with Gasteiger partial charge < -0.3 is 19.1 Å². The topological polar surface area (TPSA) is 65.1 Å². The van der Waals surface area contributed by atoms with E-state index in [1.54, 1.807) is 4.90 Å². The van der Waals surface area contributed by atoms with Crippen molar-refractivity contribution >= 4 is 12.1 Å². The Balaban J connectivity index is 1.96. The molecule has 1 amide bonds. The summed E-state index contributed by atoms with van der Waals surface area (Å²) in [7, 11) is 0. The predicted molar refractivity (Wildman–Crippen MR) is 97.6 cm³/mol. The fourth-order valence-corrected chi connectivity index (χ4v) is 2.92. The van der Waals surface area contributed by atoms with Gasteiger partial charge in [-0.25, -0.2) is 9.59 Å². The van der Waals surface area contributed by atoms with Crippen LogP contribution in [-0.4, -0.2) is 47.9 Å². The van der Waals surface area contributed by atoms with E-state index in [-0.39, 0.29) is 18.7 Å². The number of piperidine rings is 1. The number of hydrogen-bond acceptors (Lipinski definition) is 5. The molecule has 1 aliphatic rings. The standard InChI is InChI=1S/C20H29NO5/c1-5-25-20(17(22)24-15-16-9-7-6-8-10-16)11-13-21(14-12-20)18(23)26-19(2,3)4/h6-10H,5,11-15H2,1-4H3. The molecule has 0 spiro atoms. The van der Waals surface area contributed by atoms with Gasteiger partial charge >= 0.3 is 12.1 Å². The number of hydrogen-bond donors (Lipinski definition) is 0. The van der Waals surface area contributed by atoms with Crippen molar-refractivity contribution in [2.24, 2.45) is 0 Å². The Morgan fingerprint density at radius 1 is 1.12 bits per heavy atom. The van der Waals surface area contributed by atoms with E-state index < -0.39 is 11.2 Å². The number of ether oxygens (including phenoxy) is 3. The Hall–Kier alpha value is -2.08. The molecular weight excluding hydrogens is 334 g/mol. The third-order valence-electron chi connectivity index (χ3n) is 4.23. The van der Waals surface area contributed by atoms with Gasteiger partial charge in [-0.05, 0) is 33.3 Å². The molecular formula is C20H29NO5. The van der Waals surface area contributed by atoms with Crippen molar-refractivity contribution in [1.82, 2.24) is 4.90 Å². The minimum atomic E-state index is -0.998. The first-order valence-corrected chi connectivity index (χ1v) is 9.09. The molecule has 0 aliphatic carbocycles. The summed E-state index contributed by atoms with van der Waals surface area (Å²) in [6.45, 7) is 8.77. The maximum Gasteiger partial charge on any atom is 0.410 e. The lowest BCUT2D eigenvalue weighted by Crippen LogP contribution is -2.53. The fraction of sp³-hybridized carbons (Fsp3) is 0.600. The van der Waals surface area contributed by atoms with Gasteiger partial charge in [-0.15, -0.1) is 0 Å². The largest absolute Gasteiger partial charge is 0.459 e. The van der Waals surface area contributed by atoms with Crippen LogP contribution in [0, 0.1) is 0 Å². The molecule has 0 atom stereocenters. The highest BCUT2D eigenvalue weighted by Crippen LogP contribution is 2.29. The first kappa shape index (κ1) is 20.2. The van der Waals surface area contributed by atoms with Crippen LogP contribution < -0.4 is 0 Å². The Morgan fingerprint density at radius 3 is 2.27 bits per heavy atom. The van der Waals surface area contributed by atoms with Crippen LogP contribution in [0.15, 0.2) is 30.3 Å². The number of likely N-dealkylation sites (tertiary alicyclic amines) is 1. The zero-order valence-corrected chi connectivity index (χ0v) is 16.1. The van der Waals surface area contributed by atoms with Crippen molar-refractivity contribution in [3.05, 3.63) is 35.9 Å². The van der Waals surface area contributed by atoms with Crippen LogP contribution in [0.5, 0.6) is 0 Å². The summed E-state index contributed by atoms with van der Waals surface area (Å²) < 4.78 is 16.7. The predicted octanol–water partition coefficient (Wildman–Crippen LogP) is 3.54. The van der Waals surface area contributed by atoms with Crippen LogP contribution in [0.2, 0.25) is 0 Å². The normalized spacial score (nSPS) is 16.8. The third-order valence-corrected chi connectivity index (χ3v) is 4.23. The zero-order valence-electron chi connectivity index (χ0n) is 16.1. The minimum Gasteiger partial charge on any atom is -0.459 e. The molecule has 1 aromatic rings. The molecule has 1 aromatic carbocycles. The van der Waals surface area contributed by atoms with E-state index in [0.29, 0.717) is 32.5 Å². The van der Waals surface area contributed by atoms with E-state index >= 15 is 0 Å². The molecule has 2 rings (SSSR count). The average Bonchev–Trinajstić information content (AvgIpc) is 2.60. The second-order valence-corrected chi connectivity index (χ2v) is 7.46. The Labute approximate surface area is 155 Å². The monoisotopic (exact) mass is 363 g/mol. The lowest BCUT2D eigenvalue weighted by Gasteiger charge is -2.39. The van der Waals surface area contributed by atoms with Gasteiger partial charge in [-0.1, -0.05) is 30.3 Å². The Bertz CT molecular complexity index is 600. The molecule has 1 fully saturated rings. The van der Waals surface area contributed by atoms with Crippen molar-refractivity contribution in [3.8, 4) is 0 Å². The van der Waals surface area contributed by atoms with E-state index in [9.17, 15) is 9.59 Å². The number of benzene rings is 1. The number of rotatable bonds is 5. The summed E-state index contributed by atoms with van der Waals surface area (Å²) in [6.07, 6.45) is 0.432. The maximum absolute atomic E-state index is 12.7. The van der Waals surface area contributed by atoms with Gasteiger partial charge in [0.15, 0.2) is 5.60 Å². The van der Waals surface area contributed by atoms with Crippen LogP contribution in [0.1, 0.15) is 46.1 Å². The number of amides is 1. The Kier molecular flexibility index (Phi) is 6.64. The van der Waals surface area contributed by atoms with Crippen molar-refractivity contribution in [1.29, 1.82) is 0 Å². The summed E-state index contributed by atoms with van der Waals surface area (Å²) >= 11 is 0. The van der Waals surface area contributed by atoms with Crippen LogP contribution in [0.4, 0.5) is 4.79 Å². The maximum atomic E-state index is 12.7. The lowest BCUT2D eigenvalue weighted by molar-refractivity contribution is -0.180. The molecule has 6 heteroatoms. The third kappa shape index (κ3) is 5.46. The van der Waals surface area contributed by atoms with E-state index in [1.165, 1.54) is 0 Å². The molecule has 0 bridgehead atoms. The quantitative estimate of drug-likeness (QED) is 0.749. The molecule has 0 radical (unpaired) electrons. The second-order valence-electron chi connectivity index (χ2n) is 7.46. The fourth-order valence-electron chi connectivity index (χ4n) is 2.92. The molecule has 144 valence electrons. The van der Waals surface area contributed by atoms with E-state index in [4.69, 9.17) is 14.2 Å². The SMILES string of the molecule is CCOC1(C(=O)OCc2ccccc2)CCN(C(=O)OC(C)(C)C)CC1. The minimum absolute atomic E-state index is 0.213. The summed E-state index contributed by atoms with van der Waals surface area (Å²) in [5, 5.41) is 0. The van der Waals surface area contributed by atoms with E-state index in [0.717, 1.165) is 5.56 Å². The van der Waals surface area contributed by atoms with Crippen LogP contribution >= 0.6 is 0 Å². The summed E-state index contributed by atoms with van der Waals surface area (Å²) in [4.78, 5) is 26.5. The first-order valence-electron chi connectivity index (χ1n) is 9.09. The summed E-state index contributed by atoms with van der Waals surface area (Å²) in [5.74, 6) is -0.368. The molecule has 26 heavy (non-hydrogen) atoms. The van der Waals surface area contributed by atoms with Crippen LogP contribution in [-0.2, 0) is 25.6 Å². The number of carbonyl (C=O) groups is 2. The molecule has 1 aliphatic heterocycles. The van der Waals surface area contributed by atoms with E-state index in [1.807, 2.05) is 58.0 Å². The van der Waals surface area contributed by atoms with Crippen molar-refractivity contribution in [2.45, 2.75) is 58.3 Å². The van der Waals surface area contributed by atoms with Crippen molar-refractivity contribution in [2.75, 3.05) is 19.7 Å². The zero-order chi connectivity index (χ0) is 19.2. The van der Waals surface area contributed by atoms with Gasteiger partial charge in [0, 0.05) is 32.5 Å². The molecule has 0 N–H and O–H groups in total. The number of nitrogens with zero attached hydrogens (tertiary/aromatic N) is 1. The lowest BCUT2D eigenvalue weighted by atomic mass is 9.91. The van der Waals surface area contributed by atoms with Gasteiger partial charge in [-0.2, -0.15) is 0 Å². The molecule has 1 heterocycles. The van der Waals surface area contributed by atoms with Gasteiger partial charge in [0.1, 0.15) is 12.2 Å². The number of esters is 1. The second kappa shape index (κ2) is 8.54. The van der Waals surface area contributed by atoms with Gasteiger partial charge in [0.2, 0.25) is 0 Å².